The summed E-state index contributed by atoms with van der Waals surface area (Å²) in [4.78, 5) is 0. The standard InChI is InChI=1S/C14H13BrN4O2/c1-9(20-12-5-3-4-11(15)6-12)13-17-18-14(21-13)10-7-16-19(2)8-10/h3-9H,1-2H3. The molecule has 3 aromatic rings. The first-order valence-electron chi connectivity index (χ1n) is 6.36. The van der Waals surface area contributed by atoms with Crippen molar-refractivity contribution < 1.29 is 9.15 Å². The van der Waals surface area contributed by atoms with Crippen LogP contribution in [0, 0.1) is 0 Å². The van der Waals surface area contributed by atoms with E-state index in [1.54, 1.807) is 10.9 Å². The molecule has 2 heterocycles. The molecule has 21 heavy (non-hydrogen) atoms. The maximum atomic E-state index is 5.79. The fourth-order valence-corrected chi connectivity index (χ4v) is 2.22. The Balaban J connectivity index is 1.76. The molecule has 0 bridgehead atoms. The summed E-state index contributed by atoms with van der Waals surface area (Å²) in [6, 6.07) is 7.60. The van der Waals surface area contributed by atoms with Crippen LogP contribution in [-0.4, -0.2) is 20.0 Å². The quantitative estimate of drug-likeness (QED) is 0.723. The smallest absolute Gasteiger partial charge is 0.257 e. The Morgan fingerprint density at radius 2 is 2.19 bits per heavy atom. The Kier molecular flexibility index (Phi) is 3.74. The Labute approximate surface area is 129 Å². The number of aromatic nitrogens is 4. The second-order valence-corrected chi connectivity index (χ2v) is 5.48. The highest BCUT2D eigenvalue weighted by Gasteiger charge is 2.17. The van der Waals surface area contributed by atoms with Crippen molar-refractivity contribution in [3.05, 3.63) is 47.0 Å². The van der Waals surface area contributed by atoms with E-state index in [9.17, 15) is 0 Å². The number of hydrogen-bond acceptors (Lipinski definition) is 5. The van der Waals surface area contributed by atoms with Crippen molar-refractivity contribution in [1.82, 2.24) is 20.0 Å². The zero-order valence-electron chi connectivity index (χ0n) is 11.5. The summed E-state index contributed by atoms with van der Waals surface area (Å²) in [7, 11) is 1.83. The first-order chi connectivity index (χ1) is 10.1. The zero-order chi connectivity index (χ0) is 14.8. The summed E-state index contributed by atoms with van der Waals surface area (Å²) in [5, 5.41) is 12.1. The number of rotatable bonds is 4. The second-order valence-electron chi connectivity index (χ2n) is 4.57. The van der Waals surface area contributed by atoms with E-state index in [2.05, 4.69) is 31.2 Å². The highest BCUT2D eigenvalue weighted by atomic mass is 79.9. The SMILES string of the molecule is CC(Oc1cccc(Br)c1)c1nnc(-c2cnn(C)c2)o1. The molecule has 7 heteroatoms. The first-order valence-corrected chi connectivity index (χ1v) is 7.16. The van der Waals surface area contributed by atoms with Crippen molar-refractivity contribution in [3.63, 3.8) is 0 Å². The lowest BCUT2D eigenvalue weighted by atomic mass is 10.3. The number of halogens is 1. The van der Waals surface area contributed by atoms with E-state index in [0.29, 0.717) is 11.8 Å². The van der Waals surface area contributed by atoms with Gasteiger partial charge < -0.3 is 9.15 Å². The number of nitrogens with zero attached hydrogens (tertiary/aromatic N) is 4. The van der Waals surface area contributed by atoms with Gasteiger partial charge in [-0.1, -0.05) is 22.0 Å². The lowest BCUT2D eigenvalue weighted by Gasteiger charge is -2.10. The predicted molar refractivity (Wildman–Crippen MR) is 79.7 cm³/mol. The van der Waals surface area contributed by atoms with Crippen molar-refractivity contribution >= 4 is 15.9 Å². The lowest BCUT2D eigenvalue weighted by Crippen LogP contribution is -2.03. The lowest BCUT2D eigenvalue weighted by molar-refractivity contribution is 0.189. The third kappa shape index (κ3) is 3.13. The molecule has 6 nitrogen and oxygen atoms in total. The minimum absolute atomic E-state index is 0.336. The minimum atomic E-state index is -0.336. The molecule has 0 N–H and O–H groups in total. The third-order valence-corrected chi connectivity index (χ3v) is 3.34. The van der Waals surface area contributed by atoms with Crippen molar-refractivity contribution in [2.24, 2.45) is 7.05 Å². The van der Waals surface area contributed by atoms with E-state index in [4.69, 9.17) is 9.15 Å². The van der Waals surface area contributed by atoms with Gasteiger partial charge in [0, 0.05) is 17.7 Å². The van der Waals surface area contributed by atoms with Crippen LogP contribution in [0.2, 0.25) is 0 Å². The van der Waals surface area contributed by atoms with Gasteiger partial charge in [0.05, 0.1) is 11.8 Å². The molecule has 3 rings (SSSR count). The van der Waals surface area contributed by atoms with Crippen LogP contribution in [-0.2, 0) is 7.05 Å². The van der Waals surface area contributed by atoms with Crippen LogP contribution in [0.1, 0.15) is 18.9 Å². The molecular formula is C14H13BrN4O2. The summed E-state index contributed by atoms with van der Waals surface area (Å²) in [6.07, 6.45) is 3.16. The maximum absolute atomic E-state index is 5.79. The molecule has 0 saturated carbocycles. The number of benzene rings is 1. The number of hydrogen-bond donors (Lipinski definition) is 0. The van der Waals surface area contributed by atoms with Gasteiger partial charge >= 0.3 is 0 Å². The summed E-state index contributed by atoms with van der Waals surface area (Å²) < 4.78 is 14.1. The molecule has 0 spiro atoms. The summed E-state index contributed by atoms with van der Waals surface area (Å²) in [5.41, 5.74) is 0.783. The maximum Gasteiger partial charge on any atom is 0.257 e. The molecule has 0 fully saturated rings. The van der Waals surface area contributed by atoms with E-state index in [0.717, 1.165) is 15.8 Å². The topological polar surface area (TPSA) is 66.0 Å². The van der Waals surface area contributed by atoms with Crippen LogP contribution in [0.3, 0.4) is 0 Å². The number of ether oxygens (including phenoxy) is 1. The molecule has 0 amide bonds. The van der Waals surface area contributed by atoms with Crippen molar-refractivity contribution in [2.75, 3.05) is 0 Å². The molecule has 1 atom stereocenters. The zero-order valence-corrected chi connectivity index (χ0v) is 13.1. The molecule has 1 unspecified atom stereocenters. The molecule has 1 aromatic carbocycles. The molecule has 108 valence electrons. The molecule has 0 aliphatic rings. The molecule has 0 radical (unpaired) electrons. The highest BCUT2D eigenvalue weighted by Crippen LogP contribution is 2.25. The van der Waals surface area contributed by atoms with Gasteiger partial charge in [-0.15, -0.1) is 10.2 Å². The Hall–Kier alpha value is -2.15. The normalized spacial score (nSPS) is 12.3. The summed E-state index contributed by atoms with van der Waals surface area (Å²) in [5.74, 6) is 1.59. The van der Waals surface area contributed by atoms with Gasteiger partial charge in [0.25, 0.3) is 11.8 Å². The van der Waals surface area contributed by atoms with E-state index in [1.165, 1.54) is 0 Å². The van der Waals surface area contributed by atoms with E-state index in [-0.39, 0.29) is 6.10 Å². The minimum Gasteiger partial charge on any atom is -0.481 e. The van der Waals surface area contributed by atoms with Crippen LogP contribution in [0.5, 0.6) is 5.75 Å². The third-order valence-electron chi connectivity index (χ3n) is 2.85. The van der Waals surface area contributed by atoms with Crippen molar-refractivity contribution in [2.45, 2.75) is 13.0 Å². The average Bonchev–Trinajstić information content (AvgIpc) is 3.07. The molecular weight excluding hydrogens is 336 g/mol. The number of aryl methyl sites for hydroxylation is 1. The van der Waals surface area contributed by atoms with Crippen LogP contribution >= 0.6 is 15.9 Å². The van der Waals surface area contributed by atoms with Crippen LogP contribution < -0.4 is 4.74 Å². The van der Waals surface area contributed by atoms with E-state index in [1.807, 2.05) is 44.4 Å². The average molecular weight is 349 g/mol. The Morgan fingerprint density at radius 1 is 1.33 bits per heavy atom. The van der Waals surface area contributed by atoms with Crippen LogP contribution in [0.25, 0.3) is 11.5 Å². The molecule has 0 saturated heterocycles. The van der Waals surface area contributed by atoms with Gasteiger partial charge in [0.2, 0.25) is 0 Å². The fourth-order valence-electron chi connectivity index (χ4n) is 1.84. The second kappa shape index (κ2) is 5.69. The van der Waals surface area contributed by atoms with E-state index >= 15 is 0 Å². The Bertz CT molecular complexity index is 753. The van der Waals surface area contributed by atoms with Crippen LogP contribution in [0.15, 0.2) is 45.5 Å². The van der Waals surface area contributed by atoms with Gasteiger partial charge in [-0.2, -0.15) is 5.10 Å². The van der Waals surface area contributed by atoms with Gasteiger partial charge in [0.15, 0.2) is 6.10 Å². The van der Waals surface area contributed by atoms with E-state index < -0.39 is 0 Å². The summed E-state index contributed by atoms with van der Waals surface area (Å²) in [6.45, 7) is 1.86. The largest absolute Gasteiger partial charge is 0.481 e. The van der Waals surface area contributed by atoms with Gasteiger partial charge in [-0.3, -0.25) is 4.68 Å². The highest BCUT2D eigenvalue weighted by molar-refractivity contribution is 9.10. The van der Waals surface area contributed by atoms with Gasteiger partial charge in [0.1, 0.15) is 5.75 Å². The molecule has 0 aliphatic carbocycles. The van der Waals surface area contributed by atoms with Gasteiger partial charge in [-0.25, -0.2) is 0 Å². The fraction of sp³-hybridized carbons (Fsp3) is 0.214. The summed E-state index contributed by atoms with van der Waals surface area (Å²) >= 11 is 3.40. The molecule has 0 aliphatic heterocycles. The predicted octanol–water partition coefficient (Wildman–Crippen LogP) is 3.37. The van der Waals surface area contributed by atoms with Crippen LogP contribution in [0.4, 0.5) is 0 Å². The first kappa shape index (κ1) is 13.8. The van der Waals surface area contributed by atoms with Crippen molar-refractivity contribution in [3.8, 4) is 17.2 Å². The van der Waals surface area contributed by atoms with Gasteiger partial charge in [-0.05, 0) is 25.1 Å². The monoisotopic (exact) mass is 348 g/mol. The van der Waals surface area contributed by atoms with Crippen molar-refractivity contribution in [1.29, 1.82) is 0 Å². The molecule has 2 aromatic heterocycles. The Morgan fingerprint density at radius 3 is 2.90 bits per heavy atom.